The summed E-state index contributed by atoms with van der Waals surface area (Å²) < 4.78 is 0. The lowest BCUT2D eigenvalue weighted by atomic mass is 9.85. The van der Waals surface area contributed by atoms with Gasteiger partial charge in [0.2, 0.25) is 0 Å². The molecule has 0 bridgehead atoms. The average Bonchev–Trinajstić information content (AvgIpc) is 2.66. The first-order valence-corrected chi connectivity index (χ1v) is 8.56. The molecule has 0 spiro atoms. The summed E-state index contributed by atoms with van der Waals surface area (Å²) in [7, 11) is 0. The van der Waals surface area contributed by atoms with Gasteiger partial charge in [0.15, 0.2) is 0 Å². The van der Waals surface area contributed by atoms with Crippen molar-refractivity contribution in [2.75, 3.05) is 11.9 Å². The molecular weight excluding hydrogens is 256 g/mol. The fourth-order valence-electron chi connectivity index (χ4n) is 3.32. The van der Waals surface area contributed by atoms with Gasteiger partial charge in [0.05, 0.1) is 0 Å². The lowest BCUT2D eigenvalue weighted by Crippen LogP contribution is -2.34. The molecule has 118 valence electrons. The first-order valence-electron chi connectivity index (χ1n) is 8.56. The van der Waals surface area contributed by atoms with E-state index in [4.69, 9.17) is 0 Å². The van der Waals surface area contributed by atoms with E-state index in [0.717, 1.165) is 0 Å². The third kappa shape index (κ3) is 5.03. The Balaban J connectivity index is 1.97. The predicted octanol–water partition coefficient (Wildman–Crippen LogP) is 4.71. The van der Waals surface area contributed by atoms with Crippen molar-refractivity contribution < 1.29 is 0 Å². The summed E-state index contributed by atoms with van der Waals surface area (Å²) in [6.07, 6.45) is 6.64. The number of hydrogen-bond donors (Lipinski definition) is 2. The number of nitrogens with one attached hydrogen (secondary N) is 2. The van der Waals surface area contributed by atoms with Gasteiger partial charge in [-0.25, -0.2) is 0 Å². The predicted molar refractivity (Wildman–Crippen MR) is 93.1 cm³/mol. The molecule has 1 heterocycles. The summed E-state index contributed by atoms with van der Waals surface area (Å²) >= 11 is 0. The maximum Gasteiger partial charge on any atom is 0.0380 e. The Morgan fingerprint density at radius 2 is 1.95 bits per heavy atom. The van der Waals surface area contributed by atoms with Gasteiger partial charge in [-0.2, -0.15) is 0 Å². The molecule has 2 unspecified atom stereocenters. The molecule has 2 atom stereocenters. The molecule has 1 fully saturated rings. The molecule has 2 heteroatoms. The summed E-state index contributed by atoms with van der Waals surface area (Å²) in [5.74, 6) is 0. The Labute approximate surface area is 130 Å². The highest BCUT2D eigenvalue weighted by molar-refractivity contribution is 5.54. The van der Waals surface area contributed by atoms with E-state index in [-0.39, 0.29) is 5.41 Å². The Morgan fingerprint density at radius 3 is 2.71 bits per heavy atom. The molecule has 1 aliphatic rings. The van der Waals surface area contributed by atoms with Crippen LogP contribution in [0.5, 0.6) is 0 Å². The largest absolute Gasteiger partial charge is 0.382 e. The molecule has 2 N–H and O–H groups in total. The summed E-state index contributed by atoms with van der Waals surface area (Å²) in [5, 5.41) is 7.45. The standard InChI is InChI=1S/C19H32N2/c1-15(14-16-10-6-5-9-13-20-16)21-18-12-8-7-11-17(18)19(2,3)4/h7-8,11-12,15-16,20-21H,5-6,9-10,13-14H2,1-4H3. The normalized spacial score (nSPS) is 21.6. The van der Waals surface area contributed by atoms with Crippen LogP contribution < -0.4 is 10.6 Å². The Kier molecular flexibility index (Phi) is 5.69. The molecule has 0 saturated carbocycles. The number of hydrogen-bond acceptors (Lipinski definition) is 2. The topological polar surface area (TPSA) is 24.1 Å². The van der Waals surface area contributed by atoms with Crippen LogP contribution in [-0.4, -0.2) is 18.6 Å². The molecule has 1 saturated heterocycles. The van der Waals surface area contributed by atoms with Crippen LogP contribution in [-0.2, 0) is 5.41 Å². The second kappa shape index (κ2) is 7.31. The van der Waals surface area contributed by atoms with Crippen molar-refractivity contribution in [1.29, 1.82) is 0 Å². The number of para-hydroxylation sites is 1. The average molecular weight is 288 g/mol. The van der Waals surface area contributed by atoms with Crippen LogP contribution in [0.2, 0.25) is 0 Å². The molecule has 0 aromatic heterocycles. The molecule has 1 aromatic carbocycles. The van der Waals surface area contributed by atoms with Crippen LogP contribution in [0.15, 0.2) is 24.3 Å². The minimum Gasteiger partial charge on any atom is -0.382 e. The van der Waals surface area contributed by atoms with E-state index in [1.165, 1.54) is 49.9 Å². The third-order valence-corrected chi connectivity index (χ3v) is 4.44. The van der Waals surface area contributed by atoms with Gasteiger partial charge >= 0.3 is 0 Å². The fourth-order valence-corrected chi connectivity index (χ4v) is 3.32. The van der Waals surface area contributed by atoms with Crippen molar-refractivity contribution in [2.45, 2.75) is 77.3 Å². The van der Waals surface area contributed by atoms with Gasteiger partial charge in [-0.05, 0) is 49.8 Å². The smallest absolute Gasteiger partial charge is 0.0380 e. The van der Waals surface area contributed by atoms with Crippen LogP contribution in [0.25, 0.3) is 0 Å². The quantitative estimate of drug-likeness (QED) is 0.838. The van der Waals surface area contributed by atoms with Gasteiger partial charge in [0.25, 0.3) is 0 Å². The zero-order valence-corrected chi connectivity index (χ0v) is 14.2. The number of anilines is 1. The van der Waals surface area contributed by atoms with Gasteiger partial charge in [0.1, 0.15) is 0 Å². The minimum atomic E-state index is 0.184. The van der Waals surface area contributed by atoms with Crippen LogP contribution in [0.3, 0.4) is 0 Å². The zero-order chi connectivity index (χ0) is 15.3. The fraction of sp³-hybridized carbons (Fsp3) is 0.684. The number of benzene rings is 1. The van der Waals surface area contributed by atoms with E-state index in [1.54, 1.807) is 0 Å². The second-order valence-electron chi connectivity index (χ2n) is 7.58. The first-order chi connectivity index (χ1) is 9.97. The van der Waals surface area contributed by atoms with Crippen molar-refractivity contribution in [3.05, 3.63) is 29.8 Å². The Morgan fingerprint density at radius 1 is 1.19 bits per heavy atom. The minimum absolute atomic E-state index is 0.184. The summed E-state index contributed by atoms with van der Waals surface area (Å²) in [4.78, 5) is 0. The molecule has 1 aromatic rings. The third-order valence-electron chi connectivity index (χ3n) is 4.44. The SMILES string of the molecule is CC(CC1CCCCCN1)Nc1ccccc1C(C)(C)C. The second-order valence-corrected chi connectivity index (χ2v) is 7.58. The molecular formula is C19H32N2. The molecule has 1 aliphatic heterocycles. The lowest BCUT2D eigenvalue weighted by molar-refractivity contribution is 0.455. The van der Waals surface area contributed by atoms with E-state index < -0.39 is 0 Å². The number of rotatable bonds is 4. The van der Waals surface area contributed by atoms with Crippen molar-refractivity contribution in [1.82, 2.24) is 5.32 Å². The van der Waals surface area contributed by atoms with E-state index in [2.05, 4.69) is 62.6 Å². The van der Waals surface area contributed by atoms with Crippen LogP contribution in [0, 0.1) is 0 Å². The van der Waals surface area contributed by atoms with E-state index >= 15 is 0 Å². The molecule has 0 aliphatic carbocycles. The van der Waals surface area contributed by atoms with E-state index in [1.807, 2.05) is 0 Å². The first kappa shape index (κ1) is 16.4. The monoisotopic (exact) mass is 288 g/mol. The highest BCUT2D eigenvalue weighted by Gasteiger charge is 2.19. The molecule has 0 radical (unpaired) electrons. The Bertz CT molecular complexity index is 425. The van der Waals surface area contributed by atoms with Gasteiger partial charge in [-0.1, -0.05) is 51.8 Å². The van der Waals surface area contributed by atoms with Gasteiger partial charge in [-0.3, -0.25) is 0 Å². The molecule has 2 rings (SSSR count). The summed E-state index contributed by atoms with van der Waals surface area (Å²) in [6.45, 7) is 10.4. The highest BCUT2D eigenvalue weighted by atomic mass is 15.0. The molecule has 2 nitrogen and oxygen atoms in total. The maximum absolute atomic E-state index is 3.74. The molecule has 0 amide bonds. The van der Waals surface area contributed by atoms with Crippen molar-refractivity contribution in [3.63, 3.8) is 0 Å². The van der Waals surface area contributed by atoms with Crippen molar-refractivity contribution >= 4 is 5.69 Å². The lowest BCUT2D eigenvalue weighted by Gasteiger charge is -2.27. The maximum atomic E-state index is 3.74. The van der Waals surface area contributed by atoms with Crippen LogP contribution >= 0.6 is 0 Å². The Hall–Kier alpha value is -1.02. The molecule has 21 heavy (non-hydrogen) atoms. The van der Waals surface area contributed by atoms with Crippen LogP contribution in [0.1, 0.15) is 65.4 Å². The van der Waals surface area contributed by atoms with E-state index in [9.17, 15) is 0 Å². The van der Waals surface area contributed by atoms with Crippen LogP contribution in [0.4, 0.5) is 5.69 Å². The zero-order valence-electron chi connectivity index (χ0n) is 14.2. The van der Waals surface area contributed by atoms with Crippen molar-refractivity contribution in [3.8, 4) is 0 Å². The van der Waals surface area contributed by atoms with Gasteiger partial charge in [-0.15, -0.1) is 0 Å². The highest BCUT2D eigenvalue weighted by Crippen LogP contribution is 2.30. The van der Waals surface area contributed by atoms with Gasteiger partial charge in [0, 0.05) is 17.8 Å². The van der Waals surface area contributed by atoms with E-state index in [0.29, 0.717) is 12.1 Å². The summed E-state index contributed by atoms with van der Waals surface area (Å²) in [6, 6.07) is 9.93. The van der Waals surface area contributed by atoms with Gasteiger partial charge < -0.3 is 10.6 Å². The summed E-state index contributed by atoms with van der Waals surface area (Å²) in [5.41, 5.74) is 2.89. The van der Waals surface area contributed by atoms with Crippen molar-refractivity contribution in [2.24, 2.45) is 0 Å².